The van der Waals surface area contributed by atoms with Gasteiger partial charge in [0.05, 0.1) is 15.4 Å². The van der Waals surface area contributed by atoms with Crippen LogP contribution in [0.25, 0.3) is 10.9 Å². The lowest BCUT2D eigenvalue weighted by Gasteiger charge is -2.32. The van der Waals surface area contributed by atoms with Crippen molar-refractivity contribution in [3.05, 3.63) is 52.2 Å². The molecule has 1 aliphatic heterocycles. The molecule has 0 aliphatic carbocycles. The van der Waals surface area contributed by atoms with Crippen LogP contribution in [0.4, 0.5) is 15.0 Å². The lowest BCUT2D eigenvalue weighted by molar-refractivity contribution is 0.141. The van der Waals surface area contributed by atoms with Crippen molar-refractivity contribution in [1.82, 2.24) is 15.3 Å². The van der Waals surface area contributed by atoms with E-state index in [9.17, 15) is 9.18 Å². The van der Waals surface area contributed by atoms with Gasteiger partial charge in [0.2, 0.25) is 0 Å². The second kappa shape index (κ2) is 8.73. The summed E-state index contributed by atoms with van der Waals surface area (Å²) >= 11 is 1.61. The number of carbonyl (C=O) groups excluding carboxylic acids is 1. The predicted octanol–water partition coefficient (Wildman–Crippen LogP) is 4.46. The Bertz CT molecular complexity index is 1000. The summed E-state index contributed by atoms with van der Waals surface area (Å²) in [7, 11) is 0. The lowest BCUT2D eigenvalue weighted by Crippen LogP contribution is -2.33. The molecule has 0 bridgehead atoms. The molecule has 0 atom stereocenters. The van der Waals surface area contributed by atoms with E-state index in [0.29, 0.717) is 18.0 Å². The molecule has 8 heteroatoms. The SMILES string of the molecule is CCNC(=O)OCc1cnc(C2CCN(c3ccc4ccc(F)cc4n3)CC2)s1. The van der Waals surface area contributed by atoms with E-state index in [1.165, 1.54) is 12.1 Å². The van der Waals surface area contributed by atoms with Crippen molar-refractivity contribution in [2.24, 2.45) is 0 Å². The van der Waals surface area contributed by atoms with E-state index in [1.807, 2.05) is 19.1 Å². The summed E-state index contributed by atoms with van der Waals surface area (Å²) in [4.78, 5) is 23.8. The molecule has 3 heterocycles. The maximum atomic E-state index is 13.5. The number of ether oxygens (including phenoxy) is 1. The number of halogens is 1. The van der Waals surface area contributed by atoms with Gasteiger partial charge < -0.3 is 15.0 Å². The molecule has 1 amide bonds. The van der Waals surface area contributed by atoms with E-state index < -0.39 is 6.09 Å². The number of nitrogens with one attached hydrogen (secondary N) is 1. The summed E-state index contributed by atoms with van der Waals surface area (Å²) in [6.45, 7) is 4.40. The Morgan fingerprint density at radius 1 is 1.31 bits per heavy atom. The molecule has 152 valence electrons. The molecule has 0 saturated carbocycles. The largest absolute Gasteiger partial charge is 0.444 e. The van der Waals surface area contributed by atoms with Crippen LogP contribution in [0, 0.1) is 5.82 Å². The van der Waals surface area contributed by atoms with Gasteiger partial charge in [-0.2, -0.15) is 0 Å². The molecule has 29 heavy (non-hydrogen) atoms. The van der Waals surface area contributed by atoms with Crippen LogP contribution >= 0.6 is 11.3 Å². The fourth-order valence-corrected chi connectivity index (χ4v) is 4.52. The van der Waals surface area contributed by atoms with Gasteiger partial charge in [-0.15, -0.1) is 11.3 Å². The molecular formula is C21H23FN4O2S. The van der Waals surface area contributed by atoms with Crippen LogP contribution in [0.2, 0.25) is 0 Å². The molecule has 4 rings (SSSR count). The van der Waals surface area contributed by atoms with Crippen molar-refractivity contribution < 1.29 is 13.9 Å². The Labute approximate surface area is 172 Å². The van der Waals surface area contributed by atoms with E-state index in [-0.39, 0.29) is 12.4 Å². The molecule has 6 nitrogen and oxygen atoms in total. The third kappa shape index (κ3) is 4.64. The third-order valence-corrected chi connectivity index (χ3v) is 6.18. The van der Waals surface area contributed by atoms with Crippen molar-refractivity contribution >= 4 is 34.2 Å². The summed E-state index contributed by atoms with van der Waals surface area (Å²) in [5, 5.41) is 4.64. The molecule has 0 spiro atoms. The molecule has 3 aromatic rings. The topological polar surface area (TPSA) is 67.3 Å². The number of hydrogen-bond acceptors (Lipinski definition) is 6. The van der Waals surface area contributed by atoms with Gasteiger partial charge in [0, 0.05) is 43.2 Å². The highest BCUT2D eigenvalue weighted by molar-refractivity contribution is 7.11. The van der Waals surface area contributed by atoms with E-state index in [0.717, 1.165) is 47.0 Å². The summed E-state index contributed by atoms with van der Waals surface area (Å²) in [5.41, 5.74) is 0.682. The van der Waals surface area contributed by atoms with Crippen LogP contribution in [-0.2, 0) is 11.3 Å². The number of benzene rings is 1. The van der Waals surface area contributed by atoms with Gasteiger partial charge in [0.15, 0.2) is 0 Å². The van der Waals surface area contributed by atoms with Crippen molar-refractivity contribution in [3.63, 3.8) is 0 Å². The zero-order valence-electron chi connectivity index (χ0n) is 16.2. The number of carbonyl (C=O) groups is 1. The predicted molar refractivity (Wildman–Crippen MR) is 112 cm³/mol. The van der Waals surface area contributed by atoms with E-state index in [4.69, 9.17) is 4.74 Å². The first kappa shape index (κ1) is 19.6. The van der Waals surface area contributed by atoms with Crippen LogP contribution in [0.3, 0.4) is 0 Å². The molecular weight excluding hydrogens is 391 g/mol. The average molecular weight is 415 g/mol. The van der Waals surface area contributed by atoms with Crippen LogP contribution < -0.4 is 10.2 Å². The Hall–Kier alpha value is -2.74. The molecule has 1 aromatic carbocycles. The van der Waals surface area contributed by atoms with Gasteiger partial charge in [-0.05, 0) is 44.0 Å². The van der Waals surface area contributed by atoms with Crippen LogP contribution in [0.1, 0.15) is 35.6 Å². The fraction of sp³-hybridized carbons (Fsp3) is 0.381. The Morgan fingerprint density at radius 2 is 2.10 bits per heavy atom. The van der Waals surface area contributed by atoms with Crippen LogP contribution in [0.15, 0.2) is 36.5 Å². The van der Waals surface area contributed by atoms with Crippen LogP contribution in [-0.4, -0.2) is 35.7 Å². The van der Waals surface area contributed by atoms with Crippen LogP contribution in [0.5, 0.6) is 0 Å². The minimum absolute atomic E-state index is 0.250. The van der Waals surface area contributed by atoms with Gasteiger partial charge in [-0.3, -0.25) is 0 Å². The molecule has 1 saturated heterocycles. The molecule has 2 aromatic heterocycles. The van der Waals surface area contributed by atoms with Gasteiger partial charge in [-0.1, -0.05) is 0 Å². The minimum atomic E-state index is -0.404. The first-order valence-electron chi connectivity index (χ1n) is 9.79. The summed E-state index contributed by atoms with van der Waals surface area (Å²) < 4.78 is 18.7. The monoisotopic (exact) mass is 414 g/mol. The van der Waals surface area contributed by atoms with Crippen molar-refractivity contribution in [2.75, 3.05) is 24.5 Å². The molecule has 1 aliphatic rings. The number of rotatable bonds is 5. The highest BCUT2D eigenvalue weighted by Gasteiger charge is 2.24. The van der Waals surface area contributed by atoms with Gasteiger partial charge >= 0.3 is 6.09 Å². The molecule has 1 fully saturated rings. The normalized spacial score (nSPS) is 14.9. The third-order valence-electron chi connectivity index (χ3n) is 5.05. The zero-order valence-corrected chi connectivity index (χ0v) is 17.0. The quantitative estimate of drug-likeness (QED) is 0.668. The summed E-state index contributed by atoms with van der Waals surface area (Å²) in [5.74, 6) is 1.01. The smallest absolute Gasteiger partial charge is 0.407 e. The maximum Gasteiger partial charge on any atom is 0.407 e. The van der Waals surface area contributed by atoms with Gasteiger partial charge in [0.1, 0.15) is 18.2 Å². The van der Waals surface area contributed by atoms with Crippen molar-refractivity contribution in [3.8, 4) is 0 Å². The molecule has 1 N–H and O–H groups in total. The number of nitrogens with zero attached hydrogens (tertiary/aromatic N) is 3. The number of pyridine rings is 1. The number of hydrogen-bond donors (Lipinski definition) is 1. The van der Waals surface area contributed by atoms with Crippen molar-refractivity contribution in [2.45, 2.75) is 32.3 Å². The van der Waals surface area contributed by atoms with Crippen molar-refractivity contribution in [1.29, 1.82) is 0 Å². The zero-order chi connectivity index (χ0) is 20.2. The number of amides is 1. The van der Waals surface area contributed by atoms with Gasteiger partial charge in [0.25, 0.3) is 0 Å². The van der Waals surface area contributed by atoms with E-state index in [2.05, 4.69) is 20.2 Å². The number of piperidine rings is 1. The lowest BCUT2D eigenvalue weighted by atomic mass is 9.97. The maximum absolute atomic E-state index is 13.5. The van der Waals surface area contributed by atoms with Gasteiger partial charge in [-0.25, -0.2) is 19.2 Å². The second-order valence-corrected chi connectivity index (χ2v) is 8.19. The summed E-state index contributed by atoms with van der Waals surface area (Å²) in [6, 6.07) is 8.68. The highest BCUT2D eigenvalue weighted by Crippen LogP contribution is 2.33. The Kier molecular flexibility index (Phi) is 5.89. The molecule has 0 unspecified atom stereocenters. The Balaban J connectivity index is 1.35. The summed E-state index contributed by atoms with van der Waals surface area (Å²) in [6.07, 6.45) is 3.35. The fourth-order valence-electron chi connectivity index (χ4n) is 3.52. The standard InChI is InChI=1S/C21H23FN4O2S/c1-2-23-21(27)28-13-17-12-24-20(29-17)15-7-9-26(10-8-15)19-6-4-14-3-5-16(22)11-18(14)25-19/h3-6,11-12,15H,2,7-10,13H2,1H3,(H,23,27). The second-order valence-electron chi connectivity index (χ2n) is 7.04. The van der Waals surface area contributed by atoms with E-state index in [1.54, 1.807) is 23.6 Å². The first-order chi connectivity index (χ1) is 14.1. The Morgan fingerprint density at radius 3 is 2.90 bits per heavy atom. The molecule has 0 radical (unpaired) electrons. The number of alkyl carbamates (subject to hydrolysis) is 1. The average Bonchev–Trinajstić information content (AvgIpc) is 3.21. The number of anilines is 1. The van der Waals surface area contributed by atoms with E-state index >= 15 is 0 Å². The number of fused-ring (bicyclic) bond motifs is 1. The number of aromatic nitrogens is 2. The minimum Gasteiger partial charge on any atom is -0.444 e. The first-order valence-corrected chi connectivity index (χ1v) is 10.6. The highest BCUT2D eigenvalue weighted by atomic mass is 32.1. The number of thiazole rings is 1.